The largest absolute Gasteiger partial charge is 0.377 e. The molecule has 1 aliphatic carbocycles. The molecule has 0 aromatic heterocycles. The lowest BCUT2D eigenvalue weighted by Gasteiger charge is -2.36. The molecule has 110 valence electrons. The van der Waals surface area contributed by atoms with Crippen molar-refractivity contribution >= 4 is 9.84 Å². The molecule has 1 saturated carbocycles. The number of aryl methyl sites for hydroxylation is 2. The van der Waals surface area contributed by atoms with Crippen molar-refractivity contribution in [1.82, 2.24) is 0 Å². The van der Waals surface area contributed by atoms with E-state index >= 15 is 0 Å². The van der Waals surface area contributed by atoms with Gasteiger partial charge in [0.25, 0.3) is 0 Å². The molecule has 2 fully saturated rings. The Balaban J connectivity index is 1.79. The van der Waals surface area contributed by atoms with Crippen LogP contribution >= 0.6 is 0 Å². The lowest BCUT2D eigenvalue weighted by molar-refractivity contribution is 0.0750. The summed E-state index contributed by atoms with van der Waals surface area (Å²) in [7, 11) is -3.26. The van der Waals surface area contributed by atoms with Crippen molar-refractivity contribution in [2.24, 2.45) is 5.41 Å². The summed E-state index contributed by atoms with van der Waals surface area (Å²) in [5.74, 6) is 0.125. The zero-order valence-corrected chi connectivity index (χ0v) is 13.0. The van der Waals surface area contributed by atoms with E-state index in [2.05, 4.69) is 0 Å². The molecule has 1 spiro atoms. The number of ether oxygens (including phenoxy) is 1. The average Bonchev–Trinajstić information content (AvgIpc) is 2.71. The van der Waals surface area contributed by atoms with E-state index < -0.39 is 9.84 Å². The first kappa shape index (κ1) is 14.1. The Morgan fingerprint density at radius 1 is 1.25 bits per heavy atom. The molecule has 1 aromatic rings. The molecule has 3 nitrogen and oxygen atoms in total. The van der Waals surface area contributed by atoms with E-state index in [1.807, 2.05) is 32.0 Å². The lowest BCUT2D eigenvalue weighted by Crippen LogP contribution is -2.30. The van der Waals surface area contributed by atoms with Gasteiger partial charge in [-0.3, -0.25) is 0 Å². The third-order valence-electron chi connectivity index (χ3n) is 4.83. The Bertz CT molecular complexity index is 594. The molecule has 1 saturated heterocycles. The molecule has 0 radical (unpaired) electrons. The van der Waals surface area contributed by atoms with Crippen LogP contribution in [-0.4, -0.2) is 26.9 Å². The minimum atomic E-state index is -3.26. The van der Waals surface area contributed by atoms with Crippen LogP contribution in [0.2, 0.25) is 0 Å². The highest BCUT2D eigenvalue weighted by Gasteiger charge is 2.45. The topological polar surface area (TPSA) is 43.4 Å². The van der Waals surface area contributed by atoms with E-state index in [0.717, 1.165) is 24.2 Å². The monoisotopic (exact) mass is 294 g/mol. The first-order valence-electron chi connectivity index (χ1n) is 7.33. The fourth-order valence-corrected chi connectivity index (χ4v) is 5.63. The minimum Gasteiger partial charge on any atom is -0.377 e. The van der Waals surface area contributed by atoms with Gasteiger partial charge >= 0.3 is 0 Å². The maximum absolute atomic E-state index is 12.7. The molecular formula is C16H22O3S. The predicted octanol–water partition coefficient (Wildman–Crippen LogP) is 3.04. The molecule has 20 heavy (non-hydrogen) atoms. The van der Waals surface area contributed by atoms with Gasteiger partial charge in [0.1, 0.15) is 0 Å². The number of sulfone groups is 1. The standard InChI is InChI=1S/C16H22O3S/c1-12-5-3-6-13(2)15(12)20(17,18)10-14-9-16(11-19-14)7-4-8-16/h3,5-6,14H,4,7-11H2,1-2H3. The molecule has 2 aliphatic rings. The summed E-state index contributed by atoms with van der Waals surface area (Å²) in [4.78, 5) is 0.498. The van der Waals surface area contributed by atoms with Gasteiger partial charge in [-0.05, 0) is 49.7 Å². The lowest BCUT2D eigenvalue weighted by atomic mass is 9.68. The highest BCUT2D eigenvalue weighted by molar-refractivity contribution is 7.91. The molecule has 1 unspecified atom stereocenters. The first-order valence-corrected chi connectivity index (χ1v) is 8.98. The van der Waals surface area contributed by atoms with E-state index in [1.165, 1.54) is 19.3 Å². The molecule has 1 aliphatic heterocycles. The second-order valence-electron chi connectivity index (χ2n) is 6.49. The van der Waals surface area contributed by atoms with Crippen molar-refractivity contribution in [2.75, 3.05) is 12.4 Å². The summed E-state index contributed by atoms with van der Waals surface area (Å²) in [6.45, 7) is 4.48. The Kier molecular flexibility index (Phi) is 3.41. The molecule has 1 heterocycles. The van der Waals surface area contributed by atoms with Crippen LogP contribution in [0.3, 0.4) is 0 Å². The van der Waals surface area contributed by atoms with Gasteiger partial charge in [0.2, 0.25) is 0 Å². The van der Waals surface area contributed by atoms with Crippen LogP contribution in [0, 0.1) is 19.3 Å². The molecule has 0 N–H and O–H groups in total. The number of hydrogen-bond donors (Lipinski definition) is 0. The SMILES string of the molecule is Cc1cccc(C)c1S(=O)(=O)CC1CC2(CCC2)CO1. The highest BCUT2D eigenvalue weighted by atomic mass is 32.2. The van der Waals surface area contributed by atoms with Gasteiger partial charge in [0.15, 0.2) is 9.84 Å². The quantitative estimate of drug-likeness (QED) is 0.860. The molecule has 4 heteroatoms. The Morgan fingerprint density at radius 3 is 2.40 bits per heavy atom. The molecular weight excluding hydrogens is 272 g/mol. The number of hydrogen-bond acceptors (Lipinski definition) is 3. The Morgan fingerprint density at radius 2 is 1.90 bits per heavy atom. The number of rotatable bonds is 3. The smallest absolute Gasteiger partial charge is 0.181 e. The van der Waals surface area contributed by atoms with Crippen LogP contribution in [0.25, 0.3) is 0 Å². The van der Waals surface area contributed by atoms with Crippen molar-refractivity contribution < 1.29 is 13.2 Å². The zero-order valence-electron chi connectivity index (χ0n) is 12.2. The second-order valence-corrected chi connectivity index (χ2v) is 8.46. The van der Waals surface area contributed by atoms with Gasteiger partial charge in [-0.1, -0.05) is 24.6 Å². The van der Waals surface area contributed by atoms with E-state index in [1.54, 1.807) is 0 Å². The fraction of sp³-hybridized carbons (Fsp3) is 0.625. The van der Waals surface area contributed by atoms with Crippen molar-refractivity contribution in [3.05, 3.63) is 29.3 Å². The van der Waals surface area contributed by atoms with E-state index in [4.69, 9.17) is 4.74 Å². The molecule has 1 atom stereocenters. The molecule has 1 aromatic carbocycles. The summed E-state index contributed by atoms with van der Waals surface area (Å²) >= 11 is 0. The second kappa shape index (κ2) is 4.85. The van der Waals surface area contributed by atoms with Crippen LogP contribution in [0.4, 0.5) is 0 Å². The third kappa shape index (κ3) is 2.40. The number of benzene rings is 1. The summed E-state index contributed by atoms with van der Waals surface area (Å²) < 4.78 is 31.1. The van der Waals surface area contributed by atoms with Gasteiger partial charge in [-0.25, -0.2) is 8.42 Å². The van der Waals surface area contributed by atoms with E-state index in [0.29, 0.717) is 10.3 Å². The van der Waals surface area contributed by atoms with Crippen molar-refractivity contribution in [3.8, 4) is 0 Å². The zero-order chi connectivity index (χ0) is 14.4. The Labute approximate surface area is 121 Å². The minimum absolute atomic E-state index is 0.125. The van der Waals surface area contributed by atoms with Gasteiger partial charge < -0.3 is 4.74 Å². The van der Waals surface area contributed by atoms with Gasteiger partial charge in [-0.15, -0.1) is 0 Å². The first-order chi connectivity index (χ1) is 9.42. The van der Waals surface area contributed by atoms with Gasteiger partial charge in [0, 0.05) is 0 Å². The summed E-state index contributed by atoms with van der Waals surface area (Å²) in [6.07, 6.45) is 4.45. The van der Waals surface area contributed by atoms with Crippen LogP contribution < -0.4 is 0 Å². The van der Waals surface area contributed by atoms with Gasteiger partial charge in [0.05, 0.1) is 23.4 Å². The summed E-state index contributed by atoms with van der Waals surface area (Å²) in [5, 5.41) is 0. The van der Waals surface area contributed by atoms with E-state index in [9.17, 15) is 8.42 Å². The van der Waals surface area contributed by atoms with Gasteiger partial charge in [-0.2, -0.15) is 0 Å². The van der Waals surface area contributed by atoms with E-state index in [-0.39, 0.29) is 11.9 Å². The van der Waals surface area contributed by atoms with Crippen LogP contribution in [0.1, 0.15) is 36.8 Å². The highest BCUT2D eigenvalue weighted by Crippen LogP contribution is 2.49. The van der Waals surface area contributed by atoms with Crippen LogP contribution in [0.5, 0.6) is 0 Å². The summed E-state index contributed by atoms with van der Waals surface area (Å²) in [5.41, 5.74) is 1.98. The van der Waals surface area contributed by atoms with Crippen LogP contribution in [-0.2, 0) is 14.6 Å². The normalized spacial score (nSPS) is 24.8. The molecule has 3 rings (SSSR count). The summed E-state index contributed by atoms with van der Waals surface area (Å²) in [6, 6.07) is 5.63. The van der Waals surface area contributed by atoms with Crippen molar-refractivity contribution in [3.63, 3.8) is 0 Å². The average molecular weight is 294 g/mol. The maximum Gasteiger partial charge on any atom is 0.181 e. The maximum atomic E-state index is 12.7. The molecule has 0 bridgehead atoms. The molecule has 0 amide bonds. The third-order valence-corrected chi connectivity index (χ3v) is 6.90. The van der Waals surface area contributed by atoms with Crippen molar-refractivity contribution in [2.45, 2.75) is 50.5 Å². The van der Waals surface area contributed by atoms with Crippen molar-refractivity contribution in [1.29, 1.82) is 0 Å². The predicted molar refractivity (Wildman–Crippen MR) is 78.6 cm³/mol. The Hall–Kier alpha value is -0.870. The fourth-order valence-electron chi connectivity index (χ4n) is 3.65. The van der Waals surface area contributed by atoms with Crippen LogP contribution in [0.15, 0.2) is 23.1 Å².